The first-order chi connectivity index (χ1) is 15.5. The summed E-state index contributed by atoms with van der Waals surface area (Å²) in [5.74, 6) is 0. The molecule has 32 heavy (non-hydrogen) atoms. The minimum atomic E-state index is -0.869. The molecule has 3 aromatic rings. The van der Waals surface area contributed by atoms with Gasteiger partial charge in [0, 0.05) is 13.1 Å². The molecule has 1 fully saturated rings. The van der Waals surface area contributed by atoms with Crippen LogP contribution in [0.3, 0.4) is 0 Å². The molecular weight excluding hydrogens is 398 g/mol. The predicted molar refractivity (Wildman–Crippen MR) is 127 cm³/mol. The number of benzene rings is 3. The van der Waals surface area contributed by atoms with Crippen LogP contribution in [0.2, 0.25) is 0 Å². The van der Waals surface area contributed by atoms with E-state index in [0.29, 0.717) is 12.8 Å². The molecule has 4 heteroatoms. The minimum Gasteiger partial charge on any atom is -0.388 e. The van der Waals surface area contributed by atoms with Crippen molar-refractivity contribution in [1.82, 2.24) is 4.90 Å². The van der Waals surface area contributed by atoms with E-state index in [1.54, 1.807) is 0 Å². The third kappa shape index (κ3) is 5.45. The van der Waals surface area contributed by atoms with E-state index in [1.807, 2.05) is 84.9 Å². The van der Waals surface area contributed by atoms with E-state index in [2.05, 4.69) is 4.90 Å². The smallest absolute Gasteiger partial charge is 0.104 e. The lowest BCUT2D eigenvalue weighted by atomic mass is 9.83. The van der Waals surface area contributed by atoms with Gasteiger partial charge in [-0.2, -0.15) is 0 Å². The summed E-state index contributed by atoms with van der Waals surface area (Å²) in [6.45, 7) is 2.57. The average molecular weight is 432 g/mol. The number of nitrogens with zero attached hydrogens (tertiary/aromatic N) is 1. The van der Waals surface area contributed by atoms with E-state index in [9.17, 15) is 15.3 Å². The molecule has 1 saturated heterocycles. The summed E-state index contributed by atoms with van der Waals surface area (Å²) in [6, 6.07) is 27.2. The van der Waals surface area contributed by atoms with Crippen molar-refractivity contribution in [1.29, 1.82) is 0 Å². The molecule has 1 aliphatic heterocycles. The first kappa shape index (κ1) is 22.7. The van der Waals surface area contributed by atoms with Gasteiger partial charge in [-0.1, -0.05) is 78.9 Å². The van der Waals surface area contributed by atoms with Crippen molar-refractivity contribution < 1.29 is 15.3 Å². The van der Waals surface area contributed by atoms with Crippen LogP contribution in [0.5, 0.6) is 0 Å². The monoisotopic (exact) mass is 431 g/mol. The average Bonchev–Trinajstić information content (AvgIpc) is 2.86. The number of hydrogen-bond acceptors (Lipinski definition) is 4. The molecule has 1 heterocycles. The van der Waals surface area contributed by atoms with Crippen LogP contribution in [0.25, 0.3) is 0 Å². The lowest BCUT2D eigenvalue weighted by Crippen LogP contribution is -2.43. The molecule has 0 aliphatic carbocycles. The highest BCUT2D eigenvalue weighted by Crippen LogP contribution is 2.35. The van der Waals surface area contributed by atoms with Gasteiger partial charge in [0.15, 0.2) is 0 Å². The van der Waals surface area contributed by atoms with E-state index < -0.39 is 17.8 Å². The molecule has 3 N–H and O–H groups in total. The van der Waals surface area contributed by atoms with Crippen LogP contribution < -0.4 is 0 Å². The zero-order valence-corrected chi connectivity index (χ0v) is 18.5. The Labute approximate surface area is 190 Å². The van der Waals surface area contributed by atoms with Gasteiger partial charge in [-0.15, -0.1) is 0 Å². The second-order valence-corrected chi connectivity index (χ2v) is 8.88. The van der Waals surface area contributed by atoms with Crippen molar-refractivity contribution in [3.63, 3.8) is 0 Å². The maximum absolute atomic E-state index is 11.4. The third-order valence-electron chi connectivity index (χ3n) is 6.67. The van der Waals surface area contributed by atoms with Crippen molar-refractivity contribution in [3.8, 4) is 0 Å². The molecule has 2 unspecified atom stereocenters. The fourth-order valence-corrected chi connectivity index (χ4v) is 4.61. The normalized spacial score (nSPS) is 18.2. The Hall–Kier alpha value is -2.50. The maximum atomic E-state index is 11.4. The van der Waals surface area contributed by atoms with E-state index in [4.69, 9.17) is 0 Å². The SMILES string of the molecule is OC(CCCN1CCC(O)(c2cccc(C(O)c3ccccc3)c2)CC1)c1ccccc1. The molecule has 0 aromatic heterocycles. The van der Waals surface area contributed by atoms with Crippen LogP contribution in [-0.4, -0.2) is 39.9 Å². The second-order valence-electron chi connectivity index (χ2n) is 8.88. The molecule has 3 aromatic carbocycles. The van der Waals surface area contributed by atoms with Gasteiger partial charge < -0.3 is 20.2 Å². The van der Waals surface area contributed by atoms with E-state index in [0.717, 1.165) is 54.7 Å². The van der Waals surface area contributed by atoms with E-state index >= 15 is 0 Å². The maximum Gasteiger partial charge on any atom is 0.104 e. The van der Waals surface area contributed by atoms with Crippen LogP contribution in [0.1, 0.15) is 60.1 Å². The van der Waals surface area contributed by atoms with Crippen molar-refractivity contribution in [3.05, 3.63) is 107 Å². The number of hydrogen-bond donors (Lipinski definition) is 3. The van der Waals surface area contributed by atoms with Crippen LogP contribution in [0, 0.1) is 0 Å². The summed E-state index contributed by atoms with van der Waals surface area (Å²) in [4.78, 5) is 2.37. The molecule has 1 aliphatic rings. The van der Waals surface area contributed by atoms with Crippen molar-refractivity contribution >= 4 is 0 Å². The minimum absolute atomic E-state index is 0.420. The highest BCUT2D eigenvalue weighted by atomic mass is 16.3. The summed E-state index contributed by atoms with van der Waals surface area (Å²) in [5.41, 5.74) is 2.64. The molecule has 4 rings (SSSR count). The molecule has 0 spiro atoms. The Kier molecular flexibility index (Phi) is 7.38. The lowest BCUT2D eigenvalue weighted by molar-refractivity contribution is -0.0267. The predicted octanol–water partition coefficient (Wildman–Crippen LogP) is 4.57. The third-order valence-corrected chi connectivity index (χ3v) is 6.67. The Morgan fingerprint density at radius 2 is 1.34 bits per heavy atom. The van der Waals surface area contributed by atoms with Gasteiger partial charge >= 0.3 is 0 Å². The first-order valence-electron chi connectivity index (χ1n) is 11.6. The summed E-state index contributed by atoms with van der Waals surface area (Å²) < 4.78 is 0. The first-order valence-corrected chi connectivity index (χ1v) is 11.6. The summed E-state index contributed by atoms with van der Waals surface area (Å²) >= 11 is 0. The molecule has 0 bridgehead atoms. The quantitative estimate of drug-likeness (QED) is 0.489. The topological polar surface area (TPSA) is 63.9 Å². The van der Waals surface area contributed by atoms with Gasteiger partial charge in [0.2, 0.25) is 0 Å². The van der Waals surface area contributed by atoms with E-state index in [1.165, 1.54) is 0 Å². The van der Waals surface area contributed by atoms with Crippen molar-refractivity contribution in [2.24, 2.45) is 0 Å². The largest absolute Gasteiger partial charge is 0.388 e. The number of aliphatic hydroxyl groups is 3. The van der Waals surface area contributed by atoms with Gasteiger partial charge in [-0.25, -0.2) is 0 Å². The molecule has 0 radical (unpaired) electrons. The van der Waals surface area contributed by atoms with Crippen LogP contribution in [0.4, 0.5) is 0 Å². The second kappa shape index (κ2) is 10.4. The molecule has 0 saturated carbocycles. The van der Waals surface area contributed by atoms with Gasteiger partial charge in [0.1, 0.15) is 6.10 Å². The van der Waals surface area contributed by atoms with Gasteiger partial charge in [0.05, 0.1) is 11.7 Å². The zero-order chi connectivity index (χ0) is 22.4. The van der Waals surface area contributed by atoms with Gasteiger partial charge in [-0.05, 0) is 60.5 Å². The highest BCUT2D eigenvalue weighted by Gasteiger charge is 2.34. The Morgan fingerprint density at radius 3 is 2.00 bits per heavy atom. The Morgan fingerprint density at radius 1 is 0.750 bits per heavy atom. The van der Waals surface area contributed by atoms with Crippen molar-refractivity contribution in [2.45, 2.75) is 43.5 Å². The molecule has 2 atom stereocenters. The number of likely N-dealkylation sites (tertiary alicyclic amines) is 1. The number of aliphatic hydroxyl groups excluding tert-OH is 2. The van der Waals surface area contributed by atoms with Crippen LogP contribution in [0.15, 0.2) is 84.9 Å². The summed E-state index contributed by atoms with van der Waals surface area (Å²) in [7, 11) is 0. The summed E-state index contributed by atoms with van der Waals surface area (Å²) in [5, 5.41) is 32.5. The summed E-state index contributed by atoms with van der Waals surface area (Å²) in [6.07, 6.45) is 1.88. The fourth-order valence-electron chi connectivity index (χ4n) is 4.61. The lowest BCUT2D eigenvalue weighted by Gasteiger charge is -2.39. The number of rotatable bonds is 8. The number of piperidine rings is 1. The molecule has 4 nitrogen and oxygen atoms in total. The van der Waals surface area contributed by atoms with Gasteiger partial charge in [-0.3, -0.25) is 0 Å². The standard InChI is InChI=1S/C28H33NO3/c30-26(22-9-3-1-4-10-22)15-8-18-29-19-16-28(32,17-20-29)25-14-7-13-24(21-25)27(31)23-11-5-2-6-12-23/h1-7,9-14,21,26-27,30-32H,8,15-20H2. The fraction of sp³-hybridized carbons (Fsp3) is 0.357. The van der Waals surface area contributed by atoms with Crippen molar-refractivity contribution in [2.75, 3.05) is 19.6 Å². The molecule has 168 valence electrons. The molecular formula is C28H33NO3. The highest BCUT2D eigenvalue weighted by molar-refractivity contribution is 5.35. The van der Waals surface area contributed by atoms with Crippen LogP contribution in [-0.2, 0) is 5.60 Å². The van der Waals surface area contributed by atoms with E-state index in [-0.39, 0.29) is 0 Å². The Bertz CT molecular complexity index is 968. The molecule has 0 amide bonds. The van der Waals surface area contributed by atoms with Crippen LogP contribution >= 0.6 is 0 Å². The Balaban J connectivity index is 1.31. The zero-order valence-electron chi connectivity index (χ0n) is 18.5. The van der Waals surface area contributed by atoms with Gasteiger partial charge in [0.25, 0.3) is 0 Å².